The molecule has 7 nitrogen and oxygen atoms in total. The lowest BCUT2D eigenvalue weighted by Gasteiger charge is -2.43. The predicted molar refractivity (Wildman–Crippen MR) is 99.8 cm³/mol. The zero-order valence-electron chi connectivity index (χ0n) is 15.7. The van der Waals surface area contributed by atoms with Crippen LogP contribution in [0.15, 0.2) is 18.2 Å². The Morgan fingerprint density at radius 1 is 1.22 bits per heavy atom. The van der Waals surface area contributed by atoms with Crippen molar-refractivity contribution in [3.63, 3.8) is 0 Å². The Kier molecular flexibility index (Phi) is 4.42. The molecule has 3 aliphatic rings. The highest BCUT2D eigenvalue weighted by Crippen LogP contribution is 2.33. The van der Waals surface area contributed by atoms with Gasteiger partial charge in [-0.15, -0.1) is 0 Å². The summed E-state index contributed by atoms with van der Waals surface area (Å²) in [5.74, 6) is 0.530. The molecule has 0 saturated carbocycles. The Morgan fingerprint density at radius 2 is 1.93 bits per heavy atom. The fraction of sp³-hybridized carbons (Fsp3) is 0.550. The first-order valence-electron chi connectivity index (χ1n) is 9.53. The van der Waals surface area contributed by atoms with Crippen LogP contribution in [-0.4, -0.2) is 54.8 Å². The van der Waals surface area contributed by atoms with Gasteiger partial charge in [0, 0.05) is 37.7 Å². The van der Waals surface area contributed by atoms with Gasteiger partial charge in [-0.3, -0.25) is 14.4 Å². The summed E-state index contributed by atoms with van der Waals surface area (Å²) < 4.78 is 5.54. The molecule has 0 radical (unpaired) electrons. The number of fused-ring (bicyclic) bond motifs is 1. The van der Waals surface area contributed by atoms with Gasteiger partial charge in [0.05, 0.1) is 11.1 Å². The van der Waals surface area contributed by atoms with E-state index in [0.717, 1.165) is 13.1 Å². The normalized spacial score (nSPS) is 24.3. The quantitative estimate of drug-likeness (QED) is 0.785. The fourth-order valence-electron chi connectivity index (χ4n) is 3.98. The average molecular weight is 371 g/mol. The van der Waals surface area contributed by atoms with Crippen LogP contribution in [0.4, 0.5) is 5.69 Å². The number of Topliss-reactive ketones (excluding diaryl/α,β-unsaturated/α-hetero) is 1. The molecule has 0 bridgehead atoms. The number of nitrogens with one attached hydrogen (secondary N) is 2. The van der Waals surface area contributed by atoms with Gasteiger partial charge in [-0.25, -0.2) is 0 Å². The zero-order valence-corrected chi connectivity index (χ0v) is 15.7. The second-order valence-electron chi connectivity index (χ2n) is 8.06. The fourth-order valence-corrected chi connectivity index (χ4v) is 3.98. The number of carbonyl (C=O) groups excluding carboxylic acids is 3. The van der Waals surface area contributed by atoms with Crippen molar-refractivity contribution in [2.75, 3.05) is 31.5 Å². The third kappa shape index (κ3) is 3.20. The largest absolute Gasteiger partial charge is 0.479 e. The Morgan fingerprint density at radius 3 is 2.56 bits per heavy atom. The van der Waals surface area contributed by atoms with Crippen LogP contribution in [0.2, 0.25) is 0 Å². The first kappa shape index (κ1) is 18.0. The summed E-state index contributed by atoms with van der Waals surface area (Å²) in [5.41, 5.74) is 0.833. The lowest BCUT2D eigenvalue weighted by Crippen LogP contribution is -2.61. The van der Waals surface area contributed by atoms with Crippen LogP contribution in [-0.2, 0) is 9.59 Å². The van der Waals surface area contributed by atoms with E-state index in [2.05, 4.69) is 10.6 Å². The number of anilines is 1. The SMILES string of the molecule is CC1Oc2ccc(C(=O)C3CCN(C(=O)C4(C)CNC4)CC3)cc2NC1=O. The molecule has 1 aromatic carbocycles. The highest BCUT2D eigenvalue weighted by Gasteiger charge is 2.43. The van der Waals surface area contributed by atoms with Gasteiger partial charge in [-0.1, -0.05) is 0 Å². The maximum absolute atomic E-state index is 12.9. The number of benzene rings is 1. The summed E-state index contributed by atoms with van der Waals surface area (Å²) in [7, 11) is 0. The number of hydrogen-bond donors (Lipinski definition) is 2. The van der Waals surface area contributed by atoms with Crippen molar-refractivity contribution in [2.24, 2.45) is 11.3 Å². The van der Waals surface area contributed by atoms with Crippen molar-refractivity contribution in [1.29, 1.82) is 0 Å². The summed E-state index contributed by atoms with van der Waals surface area (Å²) >= 11 is 0. The van der Waals surface area contributed by atoms with E-state index < -0.39 is 6.10 Å². The lowest BCUT2D eigenvalue weighted by atomic mass is 9.81. The summed E-state index contributed by atoms with van der Waals surface area (Å²) in [4.78, 5) is 39.2. The predicted octanol–water partition coefficient (Wildman–Crippen LogP) is 1.44. The Bertz CT molecular complexity index is 794. The van der Waals surface area contributed by atoms with Crippen molar-refractivity contribution >= 4 is 23.3 Å². The molecule has 2 saturated heterocycles. The van der Waals surface area contributed by atoms with E-state index in [9.17, 15) is 14.4 Å². The van der Waals surface area contributed by atoms with Gasteiger partial charge >= 0.3 is 0 Å². The van der Waals surface area contributed by atoms with E-state index in [1.54, 1.807) is 25.1 Å². The van der Waals surface area contributed by atoms with Gasteiger partial charge in [-0.2, -0.15) is 0 Å². The molecule has 1 atom stereocenters. The molecular formula is C20H25N3O4. The number of likely N-dealkylation sites (tertiary alicyclic amines) is 1. The number of ether oxygens (including phenoxy) is 1. The molecule has 144 valence electrons. The second kappa shape index (κ2) is 6.64. The molecular weight excluding hydrogens is 346 g/mol. The molecule has 2 N–H and O–H groups in total. The molecule has 7 heteroatoms. The number of piperidine rings is 1. The van der Waals surface area contributed by atoms with Gasteiger partial charge in [0.1, 0.15) is 5.75 Å². The summed E-state index contributed by atoms with van der Waals surface area (Å²) in [6.45, 7) is 6.37. The van der Waals surface area contributed by atoms with Gasteiger partial charge in [-0.05, 0) is 44.9 Å². The lowest BCUT2D eigenvalue weighted by molar-refractivity contribution is -0.145. The Balaban J connectivity index is 1.40. The first-order chi connectivity index (χ1) is 12.9. The topological polar surface area (TPSA) is 87.7 Å². The molecule has 1 aromatic rings. The van der Waals surface area contributed by atoms with Crippen LogP contribution in [0.1, 0.15) is 37.0 Å². The van der Waals surface area contributed by atoms with E-state index in [-0.39, 0.29) is 28.9 Å². The van der Waals surface area contributed by atoms with Crippen molar-refractivity contribution in [3.05, 3.63) is 23.8 Å². The number of amides is 2. The monoisotopic (exact) mass is 371 g/mol. The number of hydrogen-bond acceptors (Lipinski definition) is 5. The maximum atomic E-state index is 12.9. The number of nitrogens with zero attached hydrogens (tertiary/aromatic N) is 1. The van der Waals surface area contributed by atoms with E-state index in [0.29, 0.717) is 42.9 Å². The molecule has 27 heavy (non-hydrogen) atoms. The number of carbonyl (C=O) groups is 3. The van der Waals surface area contributed by atoms with Gasteiger partial charge in [0.2, 0.25) is 5.91 Å². The van der Waals surface area contributed by atoms with Crippen LogP contribution in [0.25, 0.3) is 0 Å². The van der Waals surface area contributed by atoms with Crippen LogP contribution in [0.5, 0.6) is 5.75 Å². The summed E-state index contributed by atoms with van der Waals surface area (Å²) in [6.07, 6.45) is 0.810. The third-order valence-electron chi connectivity index (χ3n) is 5.89. The van der Waals surface area contributed by atoms with Gasteiger partial charge in [0.25, 0.3) is 5.91 Å². The summed E-state index contributed by atoms with van der Waals surface area (Å²) in [6, 6.07) is 5.19. The van der Waals surface area contributed by atoms with Crippen LogP contribution in [0, 0.1) is 11.3 Å². The number of ketones is 1. The molecule has 0 spiro atoms. The van der Waals surface area contributed by atoms with Gasteiger partial charge < -0.3 is 20.3 Å². The highest BCUT2D eigenvalue weighted by atomic mass is 16.5. The molecule has 3 aliphatic heterocycles. The highest BCUT2D eigenvalue weighted by molar-refractivity contribution is 6.02. The second-order valence-corrected chi connectivity index (χ2v) is 8.06. The van der Waals surface area contributed by atoms with Crippen molar-refractivity contribution in [1.82, 2.24) is 10.2 Å². The van der Waals surface area contributed by atoms with E-state index >= 15 is 0 Å². The molecule has 0 aliphatic carbocycles. The standard InChI is InChI=1S/C20H25N3O4/c1-12-18(25)22-15-9-14(3-4-16(15)27-12)17(24)13-5-7-23(8-6-13)19(26)20(2)10-21-11-20/h3-4,9,12-13,21H,5-8,10-11H2,1-2H3,(H,22,25). The number of rotatable bonds is 3. The minimum absolute atomic E-state index is 0.0642. The third-order valence-corrected chi connectivity index (χ3v) is 5.89. The van der Waals surface area contributed by atoms with E-state index in [1.165, 1.54) is 0 Å². The Labute approximate surface area is 158 Å². The molecule has 0 aromatic heterocycles. The smallest absolute Gasteiger partial charge is 0.265 e. The van der Waals surface area contributed by atoms with Gasteiger partial charge in [0.15, 0.2) is 11.9 Å². The van der Waals surface area contributed by atoms with Crippen LogP contribution >= 0.6 is 0 Å². The minimum Gasteiger partial charge on any atom is -0.479 e. The van der Waals surface area contributed by atoms with E-state index in [4.69, 9.17) is 4.74 Å². The zero-order chi connectivity index (χ0) is 19.2. The van der Waals surface area contributed by atoms with Crippen LogP contribution < -0.4 is 15.4 Å². The van der Waals surface area contributed by atoms with Crippen LogP contribution in [0.3, 0.4) is 0 Å². The minimum atomic E-state index is -0.534. The molecule has 4 rings (SSSR count). The molecule has 2 amide bonds. The molecule has 1 unspecified atom stereocenters. The summed E-state index contributed by atoms with van der Waals surface area (Å²) in [5, 5.41) is 5.94. The Hall–Kier alpha value is -2.41. The van der Waals surface area contributed by atoms with Crippen molar-refractivity contribution in [3.8, 4) is 5.75 Å². The first-order valence-corrected chi connectivity index (χ1v) is 9.53. The van der Waals surface area contributed by atoms with E-state index in [1.807, 2.05) is 11.8 Å². The molecule has 3 heterocycles. The van der Waals surface area contributed by atoms with Crippen molar-refractivity contribution in [2.45, 2.75) is 32.8 Å². The molecule has 2 fully saturated rings. The van der Waals surface area contributed by atoms with Crippen molar-refractivity contribution < 1.29 is 19.1 Å². The average Bonchev–Trinajstić information content (AvgIpc) is 2.65. The maximum Gasteiger partial charge on any atom is 0.265 e.